The Bertz CT molecular complexity index is 334. The Hall–Kier alpha value is -1.37. The maximum Gasteiger partial charge on any atom is 0.0921 e. The topological polar surface area (TPSA) is 47.6 Å². The zero-order valence-corrected chi connectivity index (χ0v) is 8.04. The van der Waals surface area contributed by atoms with E-state index in [0.717, 1.165) is 5.30 Å². The van der Waals surface area contributed by atoms with Crippen molar-refractivity contribution in [1.82, 2.24) is 0 Å². The van der Waals surface area contributed by atoms with Crippen LogP contribution in [0.25, 0.3) is 0 Å². The van der Waals surface area contributed by atoms with Gasteiger partial charge in [0.15, 0.2) is 0 Å². The average molecular weight is 188 g/mol. The largest absolute Gasteiger partial charge is 0.198 e. The molecule has 0 radical (unpaired) electrons. The Morgan fingerprint density at radius 2 is 1.85 bits per heavy atom. The number of benzene rings is 1. The lowest BCUT2D eigenvalue weighted by molar-refractivity contribution is 1.23. The summed E-state index contributed by atoms with van der Waals surface area (Å²) in [7, 11) is -0.776. The van der Waals surface area contributed by atoms with Crippen LogP contribution < -0.4 is 5.30 Å². The van der Waals surface area contributed by atoms with Gasteiger partial charge >= 0.3 is 0 Å². The van der Waals surface area contributed by atoms with E-state index in [1.807, 2.05) is 30.3 Å². The van der Waals surface area contributed by atoms with Gasteiger partial charge in [0.2, 0.25) is 0 Å². The minimum atomic E-state index is -0.776. The van der Waals surface area contributed by atoms with Crippen LogP contribution >= 0.6 is 7.92 Å². The van der Waals surface area contributed by atoms with Gasteiger partial charge in [-0.15, -0.1) is 0 Å². The molecule has 1 aromatic rings. The van der Waals surface area contributed by atoms with E-state index in [-0.39, 0.29) is 0 Å². The molecular formula is C10H9N2P. The van der Waals surface area contributed by atoms with Crippen molar-refractivity contribution in [3.63, 3.8) is 0 Å². The second-order valence-electron chi connectivity index (χ2n) is 2.50. The van der Waals surface area contributed by atoms with Crippen molar-refractivity contribution in [2.75, 3.05) is 6.16 Å². The Morgan fingerprint density at radius 3 is 2.38 bits per heavy atom. The standard InChI is InChI=1S/C10H9N2P/c11-7-4-8-13(9-12)10-5-2-1-3-6-10/h1-3,5-6H,4,8H2. The molecule has 2 nitrogen and oxygen atoms in total. The molecule has 1 atom stereocenters. The Labute approximate surface area is 79.2 Å². The van der Waals surface area contributed by atoms with Gasteiger partial charge in [0.25, 0.3) is 0 Å². The van der Waals surface area contributed by atoms with Crippen molar-refractivity contribution < 1.29 is 0 Å². The summed E-state index contributed by atoms with van der Waals surface area (Å²) >= 11 is 0. The van der Waals surface area contributed by atoms with Gasteiger partial charge in [-0.25, -0.2) is 0 Å². The fraction of sp³-hybridized carbons (Fsp3) is 0.200. The van der Waals surface area contributed by atoms with Crippen LogP contribution in [0.5, 0.6) is 0 Å². The second kappa shape index (κ2) is 5.31. The van der Waals surface area contributed by atoms with Crippen molar-refractivity contribution in [2.24, 2.45) is 0 Å². The van der Waals surface area contributed by atoms with Crippen molar-refractivity contribution >= 4 is 13.2 Å². The fourth-order valence-corrected chi connectivity index (χ4v) is 2.34. The number of nitrogens with zero attached hydrogens (tertiary/aromatic N) is 2. The third kappa shape index (κ3) is 2.86. The van der Waals surface area contributed by atoms with Gasteiger partial charge in [0.05, 0.1) is 11.9 Å². The van der Waals surface area contributed by atoms with Gasteiger partial charge in [-0.1, -0.05) is 30.3 Å². The maximum absolute atomic E-state index is 8.88. The molecule has 0 N–H and O–H groups in total. The van der Waals surface area contributed by atoms with Crippen LogP contribution in [0.3, 0.4) is 0 Å². The van der Waals surface area contributed by atoms with E-state index in [4.69, 9.17) is 10.5 Å². The van der Waals surface area contributed by atoms with Gasteiger partial charge in [0.1, 0.15) is 0 Å². The highest BCUT2D eigenvalue weighted by Crippen LogP contribution is 2.32. The third-order valence-corrected chi connectivity index (χ3v) is 3.47. The first-order valence-electron chi connectivity index (χ1n) is 3.97. The number of hydrogen-bond donors (Lipinski definition) is 0. The van der Waals surface area contributed by atoms with Crippen molar-refractivity contribution in [3.05, 3.63) is 30.3 Å². The minimum absolute atomic E-state index is 0.466. The summed E-state index contributed by atoms with van der Waals surface area (Å²) in [6.07, 6.45) is 1.15. The molecule has 0 saturated carbocycles. The average Bonchev–Trinajstić information content (AvgIpc) is 2.21. The molecule has 0 aliphatic carbocycles. The molecule has 0 saturated heterocycles. The second-order valence-corrected chi connectivity index (χ2v) is 4.51. The number of hydrogen-bond acceptors (Lipinski definition) is 2. The van der Waals surface area contributed by atoms with E-state index in [0.29, 0.717) is 12.6 Å². The van der Waals surface area contributed by atoms with E-state index >= 15 is 0 Å². The van der Waals surface area contributed by atoms with Crippen LogP contribution in [-0.2, 0) is 0 Å². The fourth-order valence-electron chi connectivity index (χ4n) is 1.01. The third-order valence-electron chi connectivity index (χ3n) is 1.64. The molecule has 13 heavy (non-hydrogen) atoms. The van der Waals surface area contributed by atoms with Crippen LogP contribution in [0.1, 0.15) is 6.42 Å². The Balaban J connectivity index is 2.70. The van der Waals surface area contributed by atoms with E-state index in [2.05, 4.69) is 11.9 Å². The van der Waals surface area contributed by atoms with Crippen molar-refractivity contribution in [3.8, 4) is 11.9 Å². The number of rotatable bonds is 3. The summed E-state index contributed by atoms with van der Waals surface area (Å²) in [6.45, 7) is 0. The monoisotopic (exact) mass is 188 g/mol. The van der Waals surface area contributed by atoms with Gasteiger partial charge in [-0.2, -0.15) is 10.5 Å². The van der Waals surface area contributed by atoms with Gasteiger partial charge in [-0.05, 0) is 11.5 Å². The maximum atomic E-state index is 8.88. The first-order valence-corrected chi connectivity index (χ1v) is 5.50. The molecular weight excluding hydrogens is 179 g/mol. The lowest BCUT2D eigenvalue weighted by Crippen LogP contribution is -2.00. The molecule has 0 heterocycles. The summed E-state index contributed by atoms with van der Waals surface area (Å²) in [4.78, 5) is 0. The van der Waals surface area contributed by atoms with E-state index in [1.165, 1.54) is 0 Å². The van der Waals surface area contributed by atoms with Crippen molar-refractivity contribution in [2.45, 2.75) is 6.42 Å². The van der Waals surface area contributed by atoms with Crippen LogP contribution in [0, 0.1) is 22.4 Å². The molecule has 0 fully saturated rings. The molecule has 0 spiro atoms. The summed E-state index contributed by atoms with van der Waals surface area (Å²) in [5, 5.41) is 18.3. The zero-order valence-electron chi connectivity index (χ0n) is 7.14. The molecule has 1 rings (SSSR count). The normalized spacial score (nSPS) is 11.2. The summed E-state index contributed by atoms with van der Waals surface area (Å²) in [6, 6.07) is 11.7. The highest BCUT2D eigenvalue weighted by Gasteiger charge is 2.08. The van der Waals surface area contributed by atoms with E-state index in [1.54, 1.807) is 0 Å². The van der Waals surface area contributed by atoms with Crippen LogP contribution in [0.4, 0.5) is 0 Å². The predicted molar refractivity (Wildman–Crippen MR) is 53.7 cm³/mol. The van der Waals surface area contributed by atoms with E-state index in [9.17, 15) is 0 Å². The molecule has 3 heteroatoms. The van der Waals surface area contributed by atoms with Crippen LogP contribution in [0.15, 0.2) is 30.3 Å². The Morgan fingerprint density at radius 1 is 1.15 bits per heavy atom. The van der Waals surface area contributed by atoms with Crippen LogP contribution in [0.2, 0.25) is 0 Å². The van der Waals surface area contributed by atoms with Gasteiger partial charge in [-0.3, -0.25) is 0 Å². The molecule has 0 bridgehead atoms. The summed E-state index contributed by atoms with van der Waals surface area (Å²) in [5.41, 5.74) is 0. The minimum Gasteiger partial charge on any atom is -0.198 e. The molecule has 0 aliphatic rings. The Kier molecular flexibility index (Phi) is 3.97. The molecule has 1 unspecified atom stereocenters. The SMILES string of the molecule is N#CCCP(C#N)c1ccccc1. The number of nitriles is 2. The smallest absolute Gasteiger partial charge is 0.0921 e. The molecule has 0 amide bonds. The lowest BCUT2D eigenvalue weighted by Gasteiger charge is -2.05. The van der Waals surface area contributed by atoms with E-state index < -0.39 is 7.92 Å². The van der Waals surface area contributed by atoms with Gasteiger partial charge in [0, 0.05) is 14.3 Å². The zero-order chi connectivity index (χ0) is 9.52. The summed E-state index contributed by atoms with van der Waals surface area (Å²) in [5.74, 6) is 2.27. The molecule has 0 aromatic heterocycles. The first kappa shape index (κ1) is 9.72. The first-order chi connectivity index (χ1) is 6.38. The molecule has 0 aliphatic heterocycles. The van der Waals surface area contributed by atoms with Crippen molar-refractivity contribution in [1.29, 1.82) is 10.5 Å². The predicted octanol–water partition coefficient (Wildman–Crippen LogP) is 2.19. The lowest BCUT2D eigenvalue weighted by atomic mass is 10.4. The molecule has 64 valence electrons. The highest BCUT2D eigenvalue weighted by molar-refractivity contribution is 7.70. The quantitative estimate of drug-likeness (QED) is 0.682. The molecule has 1 aromatic carbocycles. The van der Waals surface area contributed by atoms with Crippen LogP contribution in [-0.4, -0.2) is 6.16 Å². The highest BCUT2D eigenvalue weighted by atomic mass is 31.1. The van der Waals surface area contributed by atoms with Gasteiger partial charge < -0.3 is 0 Å². The summed E-state index contributed by atoms with van der Waals surface area (Å²) < 4.78 is 0.